The maximum atomic E-state index is 10.9. The van der Waals surface area contributed by atoms with Gasteiger partial charge in [-0.2, -0.15) is 5.48 Å². The Morgan fingerprint density at radius 2 is 2.08 bits per heavy atom. The molecule has 76 valence electrons. The zero-order chi connectivity index (χ0) is 10.1. The number of hydroxylamine groups is 1. The van der Waals surface area contributed by atoms with Crippen LogP contribution in [0.15, 0.2) is 0 Å². The second-order valence-corrected chi connectivity index (χ2v) is 2.86. The minimum Gasteiger partial charge on any atom is -0.341 e. The molecule has 0 heterocycles. The summed E-state index contributed by atoms with van der Waals surface area (Å²) in [5.41, 5.74) is 1.94. The smallest absolute Gasteiger partial charge is 0.332 e. The molecule has 0 spiro atoms. The van der Waals surface area contributed by atoms with E-state index in [-0.39, 0.29) is 5.88 Å². The molecule has 0 aliphatic rings. The van der Waals surface area contributed by atoms with Crippen LogP contribution >= 0.6 is 11.6 Å². The van der Waals surface area contributed by atoms with Gasteiger partial charge in [-0.1, -0.05) is 19.8 Å². The number of nitrogens with one attached hydrogen (secondary N) is 1. The van der Waals surface area contributed by atoms with E-state index in [0.29, 0.717) is 6.42 Å². The number of rotatable bonds is 5. The van der Waals surface area contributed by atoms with Gasteiger partial charge in [0.2, 0.25) is 0 Å². The first-order valence-electron chi connectivity index (χ1n) is 4.25. The maximum absolute atomic E-state index is 10.9. The van der Waals surface area contributed by atoms with Crippen molar-refractivity contribution in [3.63, 3.8) is 0 Å². The summed E-state index contributed by atoms with van der Waals surface area (Å²) in [5.74, 6) is -1.14. The van der Waals surface area contributed by atoms with E-state index >= 15 is 0 Å². The molecular formula is C8H14ClNO3. The number of amides is 1. The molecule has 0 aromatic carbocycles. The largest absolute Gasteiger partial charge is 0.341 e. The first kappa shape index (κ1) is 12.2. The normalized spacial score (nSPS) is 9.38. The predicted octanol–water partition coefficient (Wildman–Crippen LogP) is 1.38. The highest BCUT2D eigenvalue weighted by Gasteiger charge is 2.04. The third-order valence-electron chi connectivity index (χ3n) is 1.38. The molecular weight excluding hydrogens is 194 g/mol. The molecule has 0 radical (unpaired) electrons. The Bertz CT molecular complexity index is 173. The van der Waals surface area contributed by atoms with Gasteiger partial charge in [-0.3, -0.25) is 4.79 Å². The van der Waals surface area contributed by atoms with Gasteiger partial charge < -0.3 is 4.84 Å². The molecule has 1 amide bonds. The number of halogens is 1. The summed E-state index contributed by atoms with van der Waals surface area (Å²) < 4.78 is 0. The lowest BCUT2D eigenvalue weighted by Gasteiger charge is -2.02. The van der Waals surface area contributed by atoms with Crippen LogP contribution in [0.5, 0.6) is 0 Å². The van der Waals surface area contributed by atoms with E-state index in [1.165, 1.54) is 0 Å². The summed E-state index contributed by atoms with van der Waals surface area (Å²) in [5, 5.41) is 0. The van der Waals surface area contributed by atoms with E-state index in [1.54, 1.807) is 0 Å². The molecule has 13 heavy (non-hydrogen) atoms. The summed E-state index contributed by atoms with van der Waals surface area (Å²) in [7, 11) is 0. The molecule has 0 unspecified atom stereocenters. The van der Waals surface area contributed by atoms with Gasteiger partial charge in [0.15, 0.2) is 0 Å². The number of hydrogen-bond acceptors (Lipinski definition) is 3. The van der Waals surface area contributed by atoms with Crippen LogP contribution in [0.25, 0.3) is 0 Å². The molecule has 0 bridgehead atoms. The highest BCUT2D eigenvalue weighted by atomic mass is 35.5. The van der Waals surface area contributed by atoms with Crippen molar-refractivity contribution < 1.29 is 14.4 Å². The van der Waals surface area contributed by atoms with Crippen molar-refractivity contribution >= 4 is 23.5 Å². The zero-order valence-electron chi connectivity index (χ0n) is 7.64. The van der Waals surface area contributed by atoms with Gasteiger partial charge >= 0.3 is 5.97 Å². The third kappa shape index (κ3) is 7.59. The molecule has 0 fully saturated rings. The van der Waals surface area contributed by atoms with Crippen LogP contribution in [0.4, 0.5) is 0 Å². The van der Waals surface area contributed by atoms with E-state index in [1.807, 2.05) is 12.4 Å². The lowest BCUT2D eigenvalue weighted by Crippen LogP contribution is -2.27. The summed E-state index contributed by atoms with van der Waals surface area (Å²) >= 11 is 5.16. The molecule has 5 heteroatoms. The first-order valence-corrected chi connectivity index (χ1v) is 4.78. The molecule has 0 saturated carbocycles. The Hall–Kier alpha value is -0.770. The maximum Gasteiger partial charge on any atom is 0.332 e. The van der Waals surface area contributed by atoms with E-state index < -0.39 is 11.9 Å². The molecule has 0 aliphatic heterocycles. The minimum absolute atomic E-state index is 0.206. The van der Waals surface area contributed by atoms with Crippen molar-refractivity contribution in [3.8, 4) is 0 Å². The summed E-state index contributed by atoms with van der Waals surface area (Å²) in [6.07, 6.45) is 3.14. The number of carbonyl (C=O) groups excluding carboxylic acids is 2. The van der Waals surface area contributed by atoms with Crippen LogP contribution in [0, 0.1) is 0 Å². The third-order valence-corrected chi connectivity index (χ3v) is 1.63. The molecule has 4 nitrogen and oxygen atoms in total. The fourth-order valence-corrected chi connectivity index (χ4v) is 0.766. The van der Waals surface area contributed by atoms with Gasteiger partial charge in [0.1, 0.15) is 5.88 Å². The molecule has 0 aliphatic carbocycles. The Morgan fingerprint density at radius 1 is 1.38 bits per heavy atom. The Labute approximate surface area is 82.5 Å². The first-order chi connectivity index (χ1) is 6.20. The van der Waals surface area contributed by atoms with Crippen molar-refractivity contribution in [1.82, 2.24) is 5.48 Å². The summed E-state index contributed by atoms with van der Waals surface area (Å²) in [6.45, 7) is 2.04. The number of hydrogen-bond donors (Lipinski definition) is 1. The Morgan fingerprint density at radius 3 is 2.62 bits per heavy atom. The van der Waals surface area contributed by atoms with E-state index in [4.69, 9.17) is 11.6 Å². The second kappa shape index (κ2) is 7.86. The average Bonchev–Trinajstić information content (AvgIpc) is 2.14. The lowest BCUT2D eigenvalue weighted by molar-refractivity contribution is -0.157. The van der Waals surface area contributed by atoms with Crippen LogP contribution in [-0.4, -0.2) is 17.8 Å². The molecule has 0 rings (SSSR count). The quantitative estimate of drug-likeness (QED) is 0.421. The van der Waals surface area contributed by atoms with E-state index in [0.717, 1.165) is 19.3 Å². The van der Waals surface area contributed by atoms with Crippen LogP contribution in [0.2, 0.25) is 0 Å². The fourth-order valence-electron chi connectivity index (χ4n) is 0.711. The fraction of sp³-hybridized carbons (Fsp3) is 0.750. The Balaban J connectivity index is 3.35. The molecule has 1 N–H and O–H groups in total. The summed E-state index contributed by atoms with van der Waals surface area (Å²) in [4.78, 5) is 25.8. The number of carbonyl (C=O) groups is 2. The van der Waals surface area contributed by atoms with Crippen LogP contribution < -0.4 is 5.48 Å². The van der Waals surface area contributed by atoms with Crippen molar-refractivity contribution in [2.75, 3.05) is 5.88 Å². The van der Waals surface area contributed by atoms with Crippen molar-refractivity contribution in [2.45, 2.75) is 32.6 Å². The topological polar surface area (TPSA) is 55.4 Å². The van der Waals surface area contributed by atoms with Gasteiger partial charge in [-0.25, -0.2) is 4.79 Å². The van der Waals surface area contributed by atoms with Gasteiger partial charge in [0.25, 0.3) is 5.91 Å². The van der Waals surface area contributed by atoms with Gasteiger partial charge in [0.05, 0.1) is 0 Å². The molecule has 0 aromatic heterocycles. The zero-order valence-corrected chi connectivity index (χ0v) is 8.39. The lowest BCUT2D eigenvalue weighted by atomic mass is 10.2. The van der Waals surface area contributed by atoms with Gasteiger partial charge in [-0.15, -0.1) is 11.6 Å². The average molecular weight is 208 g/mol. The highest BCUT2D eigenvalue weighted by Crippen LogP contribution is 1.99. The minimum atomic E-state index is -0.509. The molecule has 0 atom stereocenters. The van der Waals surface area contributed by atoms with Crippen molar-refractivity contribution in [1.29, 1.82) is 0 Å². The number of unbranched alkanes of at least 4 members (excludes halogenated alkanes) is 2. The van der Waals surface area contributed by atoms with Crippen molar-refractivity contribution in [2.24, 2.45) is 0 Å². The van der Waals surface area contributed by atoms with Crippen LogP contribution in [0.1, 0.15) is 32.6 Å². The van der Waals surface area contributed by atoms with Crippen LogP contribution in [-0.2, 0) is 14.4 Å². The molecule has 0 aromatic rings. The summed E-state index contributed by atoms with van der Waals surface area (Å²) in [6, 6.07) is 0. The van der Waals surface area contributed by atoms with Gasteiger partial charge in [0, 0.05) is 6.42 Å². The highest BCUT2D eigenvalue weighted by molar-refractivity contribution is 6.27. The Kier molecular flexibility index (Phi) is 7.39. The van der Waals surface area contributed by atoms with E-state index in [9.17, 15) is 9.59 Å². The van der Waals surface area contributed by atoms with Gasteiger partial charge in [-0.05, 0) is 6.42 Å². The van der Waals surface area contributed by atoms with Crippen molar-refractivity contribution in [3.05, 3.63) is 0 Å². The number of alkyl halides is 1. The van der Waals surface area contributed by atoms with E-state index in [2.05, 4.69) is 4.84 Å². The monoisotopic (exact) mass is 207 g/mol. The second-order valence-electron chi connectivity index (χ2n) is 2.59. The predicted molar refractivity (Wildman–Crippen MR) is 49.1 cm³/mol. The standard InChI is InChI=1S/C8H14ClNO3/c1-2-3-4-5-8(12)13-10-7(11)6-9/h2-6H2,1H3,(H,10,11). The SMILES string of the molecule is CCCCCC(=O)ONC(=O)CCl. The van der Waals surface area contributed by atoms with Crippen LogP contribution in [0.3, 0.4) is 0 Å². The molecule has 0 saturated heterocycles.